The van der Waals surface area contributed by atoms with Gasteiger partial charge in [-0.25, -0.2) is 4.79 Å². The molecule has 2 rings (SSSR count). The smallest absolute Gasteiger partial charge is 0.316 e. The van der Waals surface area contributed by atoms with Gasteiger partial charge < -0.3 is 15.5 Å². The van der Waals surface area contributed by atoms with Crippen LogP contribution in [0.2, 0.25) is 0 Å². The number of rotatable bonds is 3. The quantitative estimate of drug-likeness (QED) is 0.902. The van der Waals surface area contributed by atoms with Crippen LogP contribution in [-0.4, -0.2) is 19.0 Å². The van der Waals surface area contributed by atoms with Crippen LogP contribution in [0, 0.1) is 13.8 Å². The molecular weight excluding hydrogens is 290 g/mol. The third kappa shape index (κ3) is 4.32. The Kier molecular flexibility index (Phi) is 5.01. The first-order valence-corrected chi connectivity index (χ1v) is 7.36. The van der Waals surface area contributed by atoms with E-state index in [-0.39, 0.29) is 11.9 Å². The van der Waals surface area contributed by atoms with Crippen molar-refractivity contribution in [3.63, 3.8) is 0 Å². The molecule has 0 bridgehead atoms. The topological polar surface area (TPSA) is 61.4 Å². The zero-order chi connectivity index (χ0) is 17.0. The lowest BCUT2D eigenvalue weighted by Crippen LogP contribution is -2.23. The monoisotopic (exact) mass is 311 g/mol. The summed E-state index contributed by atoms with van der Waals surface area (Å²) < 4.78 is 0. The zero-order valence-corrected chi connectivity index (χ0v) is 13.8. The largest absolute Gasteiger partial charge is 0.323 e. The van der Waals surface area contributed by atoms with E-state index in [4.69, 9.17) is 0 Å². The second-order valence-corrected chi connectivity index (χ2v) is 5.52. The average molecular weight is 311 g/mol. The number of aryl methyl sites for hydroxylation is 2. The minimum absolute atomic E-state index is 0.0432. The third-order valence-electron chi connectivity index (χ3n) is 3.63. The van der Waals surface area contributed by atoms with Crippen LogP contribution in [0.3, 0.4) is 0 Å². The summed E-state index contributed by atoms with van der Waals surface area (Å²) in [6.45, 7) is 5.43. The van der Waals surface area contributed by atoms with Crippen LogP contribution in [0.5, 0.6) is 0 Å². The summed E-state index contributed by atoms with van der Waals surface area (Å²) in [5.74, 6) is -0.0432. The highest BCUT2D eigenvalue weighted by atomic mass is 16.2. The first kappa shape index (κ1) is 16.5. The van der Waals surface area contributed by atoms with E-state index in [0.29, 0.717) is 5.69 Å². The number of anilines is 3. The highest BCUT2D eigenvalue weighted by Crippen LogP contribution is 2.19. The van der Waals surface area contributed by atoms with Crippen molar-refractivity contribution in [1.29, 1.82) is 0 Å². The van der Waals surface area contributed by atoms with E-state index < -0.39 is 0 Å². The van der Waals surface area contributed by atoms with E-state index >= 15 is 0 Å². The molecule has 0 unspecified atom stereocenters. The number of benzene rings is 2. The molecule has 5 heteroatoms. The highest BCUT2D eigenvalue weighted by Gasteiger charge is 2.07. The molecule has 0 heterocycles. The number of carbonyl (C=O) groups excluding carboxylic acids is 2. The van der Waals surface area contributed by atoms with Crippen LogP contribution in [0.15, 0.2) is 42.5 Å². The van der Waals surface area contributed by atoms with Crippen molar-refractivity contribution >= 4 is 29.0 Å². The van der Waals surface area contributed by atoms with Gasteiger partial charge in [-0.15, -0.1) is 0 Å². The Bertz CT molecular complexity index is 724. The molecule has 5 nitrogen and oxygen atoms in total. The Labute approximate surface area is 136 Å². The summed E-state index contributed by atoms with van der Waals surface area (Å²) in [6, 6.07) is 12.7. The van der Waals surface area contributed by atoms with Crippen LogP contribution < -0.4 is 15.5 Å². The summed E-state index contributed by atoms with van der Waals surface area (Å²) >= 11 is 0. The summed E-state index contributed by atoms with van der Waals surface area (Å²) in [6.07, 6.45) is 0. The van der Waals surface area contributed by atoms with Crippen LogP contribution in [0.25, 0.3) is 0 Å². The van der Waals surface area contributed by atoms with E-state index in [1.165, 1.54) is 6.92 Å². The van der Waals surface area contributed by atoms with Crippen molar-refractivity contribution < 1.29 is 9.59 Å². The molecule has 0 fully saturated rings. The Hall–Kier alpha value is -2.82. The molecule has 0 atom stereocenters. The van der Waals surface area contributed by atoms with Gasteiger partial charge in [-0.3, -0.25) is 4.79 Å². The van der Waals surface area contributed by atoms with Gasteiger partial charge in [0, 0.05) is 31.0 Å². The third-order valence-corrected chi connectivity index (χ3v) is 3.63. The number of nitrogens with one attached hydrogen (secondary N) is 2. The fourth-order valence-electron chi connectivity index (χ4n) is 2.11. The molecule has 0 aliphatic heterocycles. The van der Waals surface area contributed by atoms with Crippen molar-refractivity contribution in [2.24, 2.45) is 0 Å². The van der Waals surface area contributed by atoms with E-state index in [9.17, 15) is 9.59 Å². The van der Waals surface area contributed by atoms with Crippen molar-refractivity contribution in [1.82, 2.24) is 0 Å². The molecular formula is C18H21N3O2. The molecule has 0 saturated heterocycles. The van der Waals surface area contributed by atoms with Crippen LogP contribution >= 0.6 is 0 Å². The van der Waals surface area contributed by atoms with Crippen molar-refractivity contribution in [3.05, 3.63) is 53.6 Å². The molecule has 0 spiro atoms. The molecule has 0 saturated carbocycles. The normalized spacial score (nSPS) is 10.1. The molecule has 2 aromatic carbocycles. The highest BCUT2D eigenvalue weighted by molar-refractivity contribution is 6.00. The Morgan fingerprint density at radius 2 is 1.61 bits per heavy atom. The van der Waals surface area contributed by atoms with Crippen molar-refractivity contribution in [2.75, 3.05) is 22.6 Å². The molecule has 0 radical (unpaired) electrons. The maximum atomic E-state index is 12.1. The fourth-order valence-corrected chi connectivity index (χ4v) is 2.11. The molecule has 0 aromatic heterocycles. The molecule has 3 amide bonds. The second kappa shape index (κ2) is 6.96. The Morgan fingerprint density at radius 3 is 2.22 bits per heavy atom. The summed E-state index contributed by atoms with van der Waals surface area (Å²) in [5.41, 5.74) is 4.31. The number of hydrogen-bond donors (Lipinski definition) is 2. The van der Waals surface area contributed by atoms with Crippen molar-refractivity contribution in [3.8, 4) is 0 Å². The Morgan fingerprint density at radius 1 is 0.957 bits per heavy atom. The molecule has 120 valence electrons. The molecule has 0 aliphatic carbocycles. The predicted octanol–water partition coefficient (Wildman–Crippen LogP) is 3.93. The van der Waals surface area contributed by atoms with Gasteiger partial charge >= 0.3 is 6.03 Å². The van der Waals surface area contributed by atoms with Gasteiger partial charge in [0.05, 0.1) is 0 Å². The number of nitrogens with zero attached hydrogens (tertiary/aromatic N) is 1. The van der Waals surface area contributed by atoms with E-state index in [2.05, 4.69) is 10.6 Å². The summed E-state index contributed by atoms with van der Waals surface area (Å²) in [5, 5.41) is 5.62. The molecule has 2 N–H and O–H groups in total. The SMILES string of the molecule is CC(=O)N(C)c1ccc(NC(=O)Nc2cc(C)ccc2C)cc1. The van der Waals surface area contributed by atoms with Gasteiger partial charge in [0.25, 0.3) is 0 Å². The summed E-state index contributed by atoms with van der Waals surface area (Å²) in [4.78, 5) is 24.9. The number of urea groups is 1. The average Bonchev–Trinajstić information content (AvgIpc) is 2.51. The zero-order valence-electron chi connectivity index (χ0n) is 13.8. The van der Waals surface area contributed by atoms with Gasteiger partial charge in [0.2, 0.25) is 5.91 Å². The van der Waals surface area contributed by atoms with Gasteiger partial charge in [-0.2, -0.15) is 0 Å². The lowest BCUT2D eigenvalue weighted by Gasteiger charge is -2.15. The lowest BCUT2D eigenvalue weighted by molar-refractivity contribution is -0.116. The second-order valence-electron chi connectivity index (χ2n) is 5.52. The van der Waals surface area contributed by atoms with Crippen LogP contribution in [0.4, 0.5) is 21.9 Å². The van der Waals surface area contributed by atoms with E-state index in [1.54, 1.807) is 36.2 Å². The Balaban J connectivity index is 2.03. The number of hydrogen-bond acceptors (Lipinski definition) is 2. The number of carbonyl (C=O) groups is 2. The predicted molar refractivity (Wildman–Crippen MR) is 94.1 cm³/mol. The van der Waals surface area contributed by atoms with Gasteiger partial charge in [-0.05, 0) is 55.3 Å². The van der Waals surface area contributed by atoms with Gasteiger partial charge in [0.1, 0.15) is 0 Å². The minimum Gasteiger partial charge on any atom is -0.316 e. The standard InChI is InChI=1S/C18H21N3O2/c1-12-5-6-13(2)17(11-12)20-18(23)19-15-7-9-16(10-8-15)21(4)14(3)22/h5-11H,1-4H3,(H2,19,20,23). The maximum absolute atomic E-state index is 12.1. The van der Waals surface area contributed by atoms with Gasteiger partial charge in [0.15, 0.2) is 0 Å². The minimum atomic E-state index is -0.300. The summed E-state index contributed by atoms with van der Waals surface area (Å²) in [7, 11) is 1.71. The van der Waals surface area contributed by atoms with Crippen LogP contribution in [-0.2, 0) is 4.79 Å². The first-order chi connectivity index (χ1) is 10.9. The van der Waals surface area contributed by atoms with E-state index in [0.717, 1.165) is 22.5 Å². The number of amides is 3. The molecule has 0 aliphatic rings. The lowest BCUT2D eigenvalue weighted by atomic mass is 10.1. The first-order valence-electron chi connectivity index (χ1n) is 7.36. The van der Waals surface area contributed by atoms with Crippen LogP contribution in [0.1, 0.15) is 18.1 Å². The molecule has 23 heavy (non-hydrogen) atoms. The van der Waals surface area contributed by atoms with Gasteiger partial charge in [-0.1, -0.05) is 12.1 Å². The van der Waals surface area contributed by atoms with Crippen molar-refractivity contribution in [2.45, 2.75) is 20.8 Å². The molecule has 2 aromatic rings. The fraction of sp³-hybridized carbons (Fsp3) is 0.222. The van der Waals surface area contributed by atoms with E-state index in [1.807, 2.05) is 32.0 Å². The maximum Gasteiger partial charge on any atom is 0.323 e.